The first kappa shape index (κ1) is 20.7. The first-order valence-electron chi connectivity index (χ1n) is 7.89. The van der Waals surface area contributed by atoms with Crippen LogP contribution in [-0.4, -0.2) is 38.4 Å². The van der Waals surface area contributed by atoms with E-state index in [4.69, 9.17) is 28.3 Å². The first-order chi connectivity index (χ1) is 12.6. The molecular formula is C17H17Cl2N3O5. The molecule has 144 valence electrons. The van der Waals surface area contributed by atoms with E-state index in [9.17, 15) is 19.5 Å². The summed E-state index contributed by atoms with van der Waals surface area (Å²) in [5, 5.41) is 25.9. The lowest BCUT2D eigenvalue weighted by Gasteiger charge is -2.15. The van der Waals surface area contributed by atoms with E-state index >= 15 is 0 Å². The average molecular weight is 414 g/mol. The Hall–Kier alpha value is -2.58. The van der Waals surface area contributed by atoms with Crippen molar-refractivity contribution in [2.75, 3.05) is 6.54 Å². The number of aromatic nitrogens is 2. The van der Waals surface area contributed by atoms with Gasteiger partial charge in [0.05, 0.1) is 16.6 Å². The van der Waals surface area contributed by atoms with E-state index in [-0.39, 0.29) is 18.2 Å². The maximum Gasteiger partial charge on any atom is 0.322 e. The molecule has 0 atom stereocenters. The smallest absolute Gasteiger partial charge is 0.322 e. The molecule has 0 aliphatic heterocycles. The van der Waals surface area contributed by atoms with Gasteiger partial charge in [0, 0.05) is 5.92 Å². The fourth-order valence-corrected chi connectivity index (χ4v) is 2.66. The van der Waals surface area contributed by atoms with Gasteiger partial charge in [-0.05, 0) is 17.7 Å². The molecule has 0 aliphatic carbocycles. The van der Waals surface area contributed by atoms with E-state index in [2.05, 4.69) is 10.4 Å². The van der Waals surface area contributed by atoms with E-state index in [1.165, 1.54) is 0 Å². The van der Waals surface area contributed by atoms with Gasteiger partial charge in [-0.1, -0.05) is 43.1 Å². The molecule has 2 aromatic rings. The quantitative estimate of drug-likeness (QED) is 0.667. The molecule has 0 unspecified atom stereocenters. The molecule has 0 spiro atoms. The maximum absolute atomic E-state index is 12.7. The van der Waals surface area contributed by atoms with Crippen LogP contribution in [0.2, 0.25) is 10.0 Å². The van der Waals surface area contributed by atoms with Crippen molar-refractivity contribution in [2.24, 2.45) is 0 Å². The SMILES string of the molecule is CC(C)c1nn(Cc2ccc(Cl)c(Cl)c2)c(=O)c(C(=O)NCC(=O)O)c1O. The molecule has 0 radical (unpaired) electrons. The summed E-state index contributed by atoms with van der Waals surface area (Å²) in [6, 6.07) is 4.77. The first-order valence-corrected chi connectivity index (χ1v) is 8.65. The second-order valence-corrected chi connectivity index (χ2v) is 6.87. The van der Waals surface area contributed by atoms with Crippen LogP contribution in [-0.2, 0) is 11.3 Å². The number of hydrogen-bond acceptors (Lipinski definition) is 5. The number of carboxylic acids is 1. The van der Waals surface area contributed by atoms with Crippen molar-refractivity contribution in [3.05, 3.63) is 55.4 Å². The lowest BCUT2D eigenvalue weighted by molar-refractivity contribution is -0.135. The second-order valence-electron chi connectivity index (χ2n) is 6.05. The van der Waals surface area contributed by atoms with Gasteiger partial charge in [-0.2, -0.15) is 5.10 Å². The summed E-state index contributed by atoms with van der Waals surface area (Å²) >= 11 is 11.9. The fraction of sp³-hybridized carbons (Fsp3) is 0.294. The Morgan fingerprint density at radius 3 is 2.48 bits per heavy atom. The molecular weight excluding hydrogens is 397 g/mol. The Morgan fingerprint density at radius 1 is 1.26 bits per heavy atom. The van der Waals surface area contributed by atoms with Crippen LogP contribution >= 0.6 is 23.2 Å². The Labute approximate surface area is 164 Å². The lowest BCUT2D eigenvalue weighted by Crippen LogP contribution is -2.37. The van der Waals surface area contributed by atoms with Crippen LogP contribution < -0.4 is 10.9 Å². The van der Waals surface area contributed by atoms with Gasteiger partial charge in [-0.15, -0.1) is 0 Å². The average Bonchev–Trinajstić information content (AvgIpc) is 2.58. The van der Waals surface area contributed by atoms with Crippen LogP contribution in [0.15, 0.2) is 23.0 Å². The molecule has 0 saturated carbocycles. The highest BCUT2D eigenvalue weighted by Crippen LogP contribution is 2.26. The zero-order valence-corrected chi connectivity index (χ0v) is 16.0. The number of aromatic hydroxyl groups is 1. The standard InChI is InChI=1S/C17H17Cl2N3O5/c1-8(2)14-15(25)13(16(26)20-6-12(23)24)17(27)22(21-14)7-9-3-4-10(18)11(19)5-9/h3-5,8,25H,6-7H2,1-2H3,(H,20,26)(H,23,24). The van der Waals surface area contributed by atoms with Crippen LogP contribution in [0.1, 0.15) is 41.4 Å². The van der Waals surface area contributed by atoms with Gasteiger partial charge in [-0.25, -0.2) is 4.68 Å². The summed E-state index contributed by atoms with van der Waals surface area (Å²) in [5.74, 6) is -3.14. The normalized spacial score (nSPS) is 10.9. The van der Waals surface area contributed by atoms with Gasteiger partial charge < -0.3 is 15.5 Å². The van der Waals surface area contributed by atoms with Crippen molar-refractivity contribution in [2.45, 2.75) is 26.3 Å². The third-order valence-corrected chi connectivity index (χ3v) is 4.39. The molecule has 0 fully saturated rings. The van der Waals surface area contributed by atoms with E-state index in [0.29, 0.717) is 15.6 Å². The molecule has 0 bridgehead atoms. The van der Waals surface area contributed by atoms with Crippen LogP contribution in [0.3, 0.4) is 0 Å². The number of carboxylic acid groups (broad SMARTS) is 1. The number of carbonyl (C=O) groups is 2. The number of hydrogen-bond donors (Lipinski definition) is 3. The van der Waals surface area contributed by atoms with Crippen LogP contribution in [0.4, 0.5) is 0 Å². The predicted molar refractivity (Wildman–Crippen MR) is 99.8 cm³/mol. The van der Waals surface area contributed by atoms with Crippen LogP contribution in [0.5, 0.6) is 5.75 Å². The molecule has 1 amide bonds. The zero-order valence-electron chi connectivity index (χ0n) is 14.5. The van der Waals surface area contributed by atoms with Gasteiger partial charge in [0.1, 0.15) is 17.8 Å². The minimum Gasteiger partial charge on any atom is -0.505 e. The van der Waals surface area contributed by atoms with Crippen molar-refractivity contribution in [3.63, 3.8) is 0 Å². The number of halogens is 2. The Kier molecular flexibility index (Phi) is 6.45. The second kappa shape index (κ2) is 8.41. The monoisotopic (exact) mass is 413 g/mol. The molecule has 1 aromatic carbocycles. The molecule has 0 saturated heterocycles. The Bertz CT molecular complexity index is 956. The van der Waals surface area contributed by atoms with Gasteiger partial charge in [0.2, 0.25) is 0 Å². The Balaban J connectivity index is 2.53. The molecule has 27 heavy (non-hydrogen) atoms. The van der Waals surface area contributed by atoms with Crippen molar-refractivity contribution in [1.29, 1.82) is 0 Å². The minimum atomic E-state index is -1.28. The summed E-state index contributed by atoms with van der Waals surface area (Å²) in [7, 11) is 0. The molecule has 10 heteroatoms. The molecule has 3 N–H and O–H groups in total. The van der Waals surface area contributed by atoms with E-state index in [0.717, 1.165) is 4.68 Å². The third-order valence-electron chi connectivity index (χ3n) is 3.65. The van der Waals surface area contributed by atoms with Crippen LogP contribution in [0, 0.1) is 0 Å². The van der Waals surface area contributed by atoms with E-state index in [1.54, 1.807) is 32.0 Å². The maximum atomic E-state index is 12.7. The number of carbonyl (C=O) groups excluding carboxylic acids is 1. The summed E-state index contributed by atoms with van der Waals surface area (Å²) < 4.78 is 1.02. The van der Waals surface area contributed by atoms with Gasteiger partial charge in [0.25, 0.3) is 11.5 Å². The third kappa shape index (κ3) is 4.78. The molecule has 1 aromatic heterocycles. The highest BCUT2D eigenvalue weighted by molar-refractivity contribution is 6.42. The predicted octanol–water partition coefficient (Wildman–Crippen LogP) is 2.24. The summed E-state index contributed by atoms with van der Waals surface area (Å²) in [4.78, 5) is 35.6. The van der Waals surface area contributed by atoms with Crippen molar-refractivity contribution in [1.82, 2.24) is 15.1 Å². The topological polar surface area (TPSA) is 122 Å². The largest absolute Gasteiger partial charge is 0.505 e. The number of rotatable bonds is 6. The van der Waals surface area contributed by atoms with Crippen molar-refractivity contribution >= 4 is 35.1 Å². The molecule has 1 heterocycles. The van der Waals surface area contributed by atoms with Gasteiger partial charge >= 0.3 is 5.97 Å². The number of amides is 1. The number of aliphatic carboxylic acids is 1. The van der Waals surface area contributed by atoms with E-state index < -0.39 is 35.3 Å². The summed E-state index contributed by atoms with van der Waals surface area (Å²) in [5.41, 5.74) is -0.674. The molecule has 8 nitrogen and oxygen atoms in total. The zero-order chi connectivity index (χ0) is 20.3. The number of benzene rings is 1. The lowest BCUT2D eigenvalue weighted by atomic mass is 10.1. The van der Waals surface area contributed by atoms with Crippen molar-refractivity contribution < 1.29 is 19.8 Å². The highest BCUT2D eigenvalue weighted by atomic mass is 35.5. The van der Waals surface area contributed by atoms with Gasteiger partial charge in [-0.3, -0.25) is 14.4 Å². The molecule has 0 aliphatic rings. The number of nitrogens with zero attached hydrogens (tertiary/aromatic N) is 2. The van der Waals surface area contributed by atoms with Gasteiger partial charge in [0.15, 0.2) is 5.75 Å². The summed E-state index contributed by atoms with van der Waals surface area (Å²) in [6.07, 6.45) is 0. The minimum absolute atomic E-state index is 0.0189. The number of nitrogens with one attached hydrogen (secondary N) is 1. The van der Waals surface area contributed by atoms with E-state index in [1.807, 2.05) is 0 Å². The fourth-order valence-electron chi connectivity index (χ4n) is 2.34. The van der Waals surface area contributed by atoms with Crippen LogP contribution in [0.25, 0.3) is 0 Å². The Morgan fingerprint density at radius 2 is 1.93 bits per heavy atom. The molecule has 2 rings (SSSR count). The summed E-state index contributed by atoms with van der Waals surface area (Å²) in [6.45, 7) is 2.75. The highest BCUT2D eigenvalue weighted by Gasteiger charge is 2.24. The van der Waals surface area contributed by atoms with Crippen molar-refractivity contribution in [3.8, 4) is 5.75 Å².